The Morgan fingerprint density at radius 2 is 1.81 bits per heavy atom. The van der Waals surface area contributed by atoms with Crippen molar-refractivity contribution in [2.45, 2.75) is 46.0 Å². The van der Waals surface area contributed by atoms with Crippen molar-refractivity contribution >= 4 is 5.71 Å². The summed E-state index contributed by atoms with van der Waals surface area (Å²) in [5, 5.41) is 0. The SMILES string of the molecule is COC1=CC(=[N+]2CCCCC2)CC(C)(C)C1. The van der Waals surface area contributed by atoms with Crippen LogP contribution in [-0.2, 0) is 4.74 Å². The zero-order valence-electron chi connectivity index (χ0n) is 10.9. The first-order valence-electron chi connectivity index (χ1n) is 6.46. The molecule has 0 aromatic carbocycles. The van der Waals surface area contributed by atoms with Gasteiger partial charge in [0.05, 0.1) is 7.11 Å². The van der Waals surface area contributed by atoms with Gasteiger partial charge in [-0.15, -0.1) is 0 Å². The molecule has 0 unspecified atom stereocenters. The van der Waals surface area contributed by atoms with Gasteiger partial charge < -0.3 is 4.74 Å². The van der Waals surface area contributed by atoms with E-state index in [0.717, 1.165) is 12.2 Å². The fourth-order valence-corrected chi connectivity index (χ4v) is 2.83. The number of piperidine rings is 1. The molecule has 0 amide bonds. The van der Waals surface area contributed by atoms with E-state index in [1.165, 1.54) is 44.5 Å². The molecular weight excluding hydrogens is 198 g/mol. The van der Waals surface area contributed by atoms with E-state index in [0.29, 0.717) is 5.41 Å². The maximum Gasteiger partial charge on any atom is 0.179 e. The highest BCUT2D eigenvalue weighted by Crippen LogP contribution is 2.34. The molecule has 1 saturated heterocycles. The van der Waals surface area contributed by atoms with E-state index in [4.69, 9.17) is 4.74 Å². The van der Waals surface area contributed by atoms with E-state index in [1.807, 2.05) is 0 Å². The molecular formula is C14H24NO+. The highest BCUT2D eigenvalue weighted by molar-refractivity contribution is 5.92. The molecule has 2 heteroatoms. The number of methoxy groups -OCH3 is 1. The van der Waals surface area contributed by atoms with Crippen LogP contribution in [-0.4, -0.2) is 30.5 Å². The number of hydrogen-bond donors (Lipinski definition) is 0. The lowest BCUT2D eigenvalue weighted by Crippen LogP contribution is -2.32. The molecule has 0 spiro atoms. The Balaban J connectivity index is 2.25. The van der Waals surface area contributed by atoms with Crippen molar-refractivity contribution in [3.63, 3.8) is 0 Å². The fourth-order valence-electron chi connectivity index (χ4n) is 2.83. The van der Waals surface area contributed by atoms with Crippen molar-refractivity contribution in [2.75, 3.05) is 20.2 Å². The van der Waals surface area contributed by atoms with Crippen LogP contribution in [0.4, 0.5) is 0 Å². The molecule has 1 aliphatic carbocycles. The average Bonchev–Trinajstić information content (AvgIpc) is 2.28. The lowest BCUT2D eigenvalue weighted by atomic mass is 9.79. The highest BCUT2D eigenvalue weighted by atomic mass is 16.5. The van der Waals surface area contributed by atoms with Crippen LogP contribution in [0.5, 0.6) is 0 Å². The summed E-state index contributed by atoms with van der Waals surface area (Å²) < 4.78 is 8.02. The molecule has 1 fully saturated rings. The summed E-state index contributed by atoms with van der Waals surface area (Å²) in [5.41, 5.74) is 1.85. The Morgan fingerprint density at radius 3 is 2.44 bits per heavy atom. The van der Waals surface area contributed by atoms with Crippen LogP contribution in [0.1, 0.15) is 46.0 Å². The van der Waals surface area contributed by atoms with Crippen molar-refractivity contribution in [3.8, 4) is 0 Å². The minimum atomic E-state index is 0.354. The van der Waals surface area contributed by atoms with Gasteiger partial charge in [-0.25, -0.2) is 4.58 Å². The molecule has 90 valence electrons. The second-order valence-electron chi connectivity index (χ2n) is 5.87. The molecule has 0 aromatic heterocycles. The van der Waals surface area contributed by atoms with Gasteiger partial charge in [-0.05, 0) is 11.8 Å². The quantitative estimate of drug-likeness (QED) is 0.621. The maximum absolute atomic E-state index is 5.46. The molecule has 16 heavy (non-hydrogen) atoms. The van der Waals surface area contributed by atoms with Gasteiger partial charge >= 0.3 is 0 Å². The summed E-state index contributed by atoms with van der Waals surface area (Å²) in [6, 6.07) is 0. The van der Waals surface area contributed by atoms with E-state index < -0.39 is 0 Å². The summed E-state index contributed by atoms with van der Waals surface area (Å²) in [6.07, 6.45) is 8.63. The van der Waals surface area contributed by atoms with Crippen molar-refractivity contribution in [1.29, 1.82) is 0 Å². The molecule has 2 nitrogen and oxygen atoms in total. The zero-order chi connectivity index (χ0) is 11.6. The van der Waals surface area contributed by atoms with Crippen LogP contribution >= 0.6 is 0 Å². The molecule has 2 rings (SSSR count). The number of ether oxygens (including phenoxy) is 1. The van der Waals surface area contributed by atoms with Gasteiger partial charge in [-0.1, -0.05) is 13.8 Å². The predicted molar refractivity (Wildman–Crippen MR) is 67.0 cm³/mol. The van der Waals surface area contributed by atoms with Gasteiger partial charge in [0, 0.05) is 31.8 Å². The summed E-state index contributed by atoms with van der Waals surface area (Å²) >= 11 is 0. The summed E-state index contributed by atoms with van der Waals surface area (Å²) in [6.45, 7) is 7.14. The van der Waals surface area contributed by atoms with E-state index in [-0.39, 0.29) is 0 Å². The molecule has 0 saturated carbocycles. The maximum atomic E-state index is 5.46. The third-order valence-corrected chi connectivity index (χ3v) is 3.66. The Kier molecular flexibility index (Phi) is 3.36. The van der Waals surface area contributed by atoms with Gasteiger partial charge in [0.15, 0.2) is 5.71 Å². The van der Waals surface area contributed by atoms with E-state index >= 15 is 0 Å². The van der Waals surface area contributed by atoms with Gasteiger partial charge in [-0.2, -0.15) is 0 Å². The molecule has 0 aromatic rings. The molecule has 1 heterocycles. The standard InChI is InChI=1S/C14H24NO/c1-14(2)10-12(9-13(11-14)16-3)15-7-5-4-6-8-15/h9H,4-8,10-11H2,1-3H3/q+1. The lowest BCUT2D eigenvalue weighted by molar-refractivity contribution is -0.538. The van der Waals surface area contributed by atoms with Crippen LogP contribution in [0.2, 0.25) is 0 Å². The topological polar surface area (TPSA) is 12.2 Å². The molecule has 1 aliphatic heterocycles. The number of rotatable bonds is 1. The third-order valence-electron chi connectivity index (χ3n) is 3.66. The first-order valence-corrected chi connectivity index (χ1v) is 6.46. The summed E-state index contributed by atoms with van der Waals surface area (Å²) in [7, 11) is 1.79. The van der Waals surface area contributed by atoms with Crippen LogP contribution < -0.4 is 0 Å². The highest BCUT2D eigenvalue weighted by Gasteiger charge is 2.31. The predicted octanol–water partition coefficient (Wildman–Crippen LogP) is 2.97. The smallest absolute Gasteiger partial charge is 0.179 e. The van der Waals surface area contributed by atoms with E-state index in [2.05, 4.69) is 24.5 Å². The number of nitrogens with zero attached hydrogens (tertiary/aromatic N) is 1. The van der Waals surface area contributed by atoms with Crippen LogP contribution in [0, 0.1) is 5.41 Å². The van der Waals surface area contributed by atoms with Crippen molar-refractivity contribution < 1.29 is 9.31 Å². The first-order chi connectivity index (χ1) is 7.61. The Bertz CT molecular complexity index is 318. The average molecular weight is 222 g/mol. The van der Waals surface area contributed by atoms with Crippen LogP contribution in [0.25, 0.3) is 0 Å². The van der Waals surface area contributed by atoms with Gasteiger partial charge in [0.2, 0.25) is 0 Å². The monoisotopic (exact) mass is 222 g/mol. The number of allylic oxidation sites excluding steroid dienone is 2. The Hall–Kier alpha value is -0.790. The van der Waals surface area contributed by atoms with E-state index in [9.17, 15) is 0 Å². The zero-order valence-corrected chi connectivity index (χ0v) is 10.9. The normalized spacial score (nSPS) is 25.3. The first kappa shape index (κ1) is 11.7. The minimum absolute atomic E-state index is 0.354. The van der Waals surface area contributed by atoms with Gasteiger partial charge in [-0.3, -0.25) is 0 Å². The molecule has 0 radical (unpaired) electrons. The van der Waals surface area contributed by atoms with Gasteiger partial charge in [0.1, 0.15) is 18.8 Å². The van der Waals surface area contributed by atoms with Crippen molar-refractivity contribution in [2.24, 2.45) is 5.41 Å². The molecule has 2 aliphatic rings. The van der Waals surface area contributed by atoms with Crippen LogP contribution in [0.3, 0.4) is 0 Å². The number of hydrogen-bond acceptors (Lipinski definition) is 1. The van der Waals surface area contributed by atoms with Gasteiger partial charge in [0.25, 0.3) is 0 Å². The van der Waals surface area contributed by atoms with E-state index in [1.54, 1.807) is 7.11 Å². The largest absolute Gasteiger partial charge is 0.501 e. The summed E-state index contributed by atoms with van der Waals surface area (Å²) in [4.78, 5) is 0. The second-order valence-corrected chi connectivity index (χ2v) is 5.87. The Labute approximate surface area is 99.0 Å². The molecule has 0 bridgehead atoms. The fraction of sp³-hybridized carbons (Fsp3) is 0.786. The molecule has 0 atom stereocenters. The van der Waals surface area contributed by atoms with Crippen LogP contribution in [0.15, 0.2) is 11.8 Å². The second kappa shape index (κ2) is 4.60. The molecule has 0 N–H and O–H groups in total. The van der Waals surface area contributed by atoms with Crippen molar-refractivity contribution in [1.82, 2.24) is 0 Å². The Morgan fingerprint density at radius 1 is 1.12 bits per heavy atom. The lowest BCUT2D eigenvalue weighted by Gasteiger charge is -2.29. The van der Waals surface area contributed by atoms with Crippen molar-refractivity contribution in [3.05, 3.63) is 11.8 Å². The third kappa shape index (κ3) is 2.66. The minimum Gasteiger partial charge on any atom is -0.501 e. The summed E-state index contributed by atoms with van der Waals surface area (Å²) in [5.74, 6) is 1.15.